The smallest absolute Gasteiger partial charge is 0.260 e. The SMILES string of the molecule is O=C(COc1ccc(F)cc1F)N1CCCC(c2nnc3ccccn23)C1. The molecule has 4 rings (SSSR count). The summed E-state index contributed by atoms with van der Waals surface area (Å²) in [7, 11) is 0. The number of likely N-dealkylation sites (tertiary alicyclic amines) is 1. The van der Waals surface area contributed by atoms with Crippen LogP contribution in [0.4, 0.5) is 8.78 Å². The number of rotatable bonds is 4. The van der Waals surface area contributed by atoms with E-state index >= 15 is 0 Å². The van der Waals surface area contributed by atoms with Crippen LogP contribution in [-0.4, -0.2) is 45.1 Å². The van der Waals surface area contributed by atoms with Crippen molar-refractivity contribution < 1.29 is 18.3 Å². The quantitative estimate of drug-likeness (QED) is 0.707. The number of ether oxygens (including phenoxy) is 1. The summed E-state index contributed by atoms with van der Waals surface area (Å²) in [4.78, 5) is 14.2. The molecule has 3 aromatic rings. The second-order valence-corrected chi connectivity index (χ2v) is 6.53. The normalized spacial score (nSPS) is 17.3. The number of carbonyl (C=O) groups excluding carboxylic acids is 1. The third-order valence-electron chi connectivity index (χ3n) is 4.72. The predicted octanol–water partition coefficient (Wildman–Crippen LogP) is 2.79. The molecule has 1 aliphatic rings. The predicted molar refractivity (Wildman–Crippen MR) is 93.4 cm³/mol. The lowest BCUT2D eigenvalue weighted by atomic mass is 9.97. The molecule has 1 aromatic carbocycles. The second kappa shape index (κ2) is 7.30. The van der Waals surface area contributed by atoms with E-state index in [0.717, 1.165) is 36.4 Å². The van der Waals surface area contributed by atoms with E-state index in [1.165, 1.54) is 6.07 Å². The van der Waals surface area contributed by atoms with Crippen LogP contribution in [0, 0.1) is 11.6 Å². The summed E-state index contributed by atoms with van der Waals surface area (Å²) in [6.45, 7) is 0.820. The first kappa shape index (κ1) is 17.4. The van der Waals surface area contributed by atoms with Gasteiger partial charge < -0.3 is 9.64 Å². The van der Waals surface area contributed by atoms with Crippen molar-refractivity contribution in [2.24, 2.45) is 0 Å². The standard InChI is InChI=1S/C19H18F2N4O2/c20-14-6-7-16(15(21)10-14)27-12-18(26)24-8-3-4-13(11-24)19-23-22-17-5-1-2-9-25(17)19/h1-2,5-7,9-10,13H,3-4,8,11-12H2. The van der Waals surface area contributed by atoms with Gasteiger partial charge in [-0.25, -0.2) is 8.78 Å². The molecule has 1 fully saturated rings. The maximum Gasteiger partial charge on any atom is 0.260 e. The number of hydrogen-bond donors (Lipinski definition) is 0. The summed E-state index contributed by atoms with van der Waals surface area (Å²) in [6.07, 6.45) is 3.65. The molecule has 1 aliphatic heterocycles. The van der Waals surface area contributed by atoms with Crippen LogP contribution < -0.4 is 4.74 Å². The van der Waals surface area contributed by atoms with Crippen LogP contribution in [0.1, 0.15) is 24.6 Å². The van der Waals surface area contributed by atoms with Crippen LogP contribution in [-0.2, 0) is 4.79 Å². The van der Waals surface area contributed by atoms with Crippen molar-refractivity contribution in [3.63, 3.8) is 0 Å². The van der Waals surface area contributed by atoms with Crippen molar-refractivity contribution in [2.45, 2.75) is 18.8 Å². The van der Waals surface area contributed by atoms with E-state index in [-0.39, 0.29) is 24.2 Å². The fourth-order valence-electron chi connectivity index (χ4n) is 3.38. The molecule has 1 amide bonds. The zero-order chi connectivity index (χ0) is 18.8. The molecule has 140 valence electrons. The number of amides is 1. The van der Waals surface area contributed by atoms with Crippen molar-refractivity contribution in [3.05, 3.63) is 60.1 Å². The van der Waals surface area contributed by atoms with Crippen molar-refractivity contribution >= 4 is 11.6 Å². The topological polar surface area (TPSA) is 59.7 Å². The summed E-state index contributed by atoms with van der Waals surface area (Å²) in [6, 6.07) is 8.70. The van der Waals surface area contributed by atoms with Gasteiger partial charge >= 0.3 is 0 Å². The first-order valence-corrected chi connectivity index (χ1v) is 8.77. The number of halogens is 2. The highest BCUT2D eigenvalue weighted by atomic mass is 19.1. The maximum atomic E-state index is 13.6. The van der Waals surface area contributed by atoms with Crippen molar-refractivity contribution in [1.29, 1.82) is 0 Å². The largest absolute Gasteiger partial charge is 0.481 e. The Morgan fingerprint density at radius 2 is 2.11 bits per heavy atom. The molecule has 3 heterocycles. The molecule has 0 spiro atoms. The number of carbonyl (C=O) groups is 1. The van der Waals surface area contributed by atoms with Gasteiger partial charge in [0.25, 0.3) is 5.91 Å². The van der Waals surface area contributed by atoms with E-state index in [4.69, 9.17) is 4.74 Å². The molecule has 0 bridgehead atoms. The lowest BCUT2D eigenvalue weighted by Gasteiger charge is -2.31. The van der Waals surface area contributed by atoms with E-state index in [1.807, 2.05) is 28.8 Å². The zero-order valence-electron chi connectivity index (χ0n) is 14.5. The van der Waals surface area contributed by atoms with Crippen molar-refractivity contribution in [2.75, 3.05) is 19.7 Å². The van der Waals surface area contributed by atoms with Gasteiger partial charge in [-0.2, -0.15) is 0 Å². The minimum atomic E-state index is -0.825. The van der Waals surface area contributed by atoms with Crippen LogP contribution in [0.3, 0.4) is 0 Å². The molecule has 27 heavy (non-hydrogen) atoms. The van der Waals surface area contributed by atoms with Crippen LogP contribution in [0.5, 0.6) is 5.75 Å². The first-order chi connectivity index (χ1) is 13.1. The van der Waals surface area contributed by atoms with E-state index in [9.17, 15) is 13.6 Å². The molecular formula is C19H18F2N4O2. The molecule has 2 aromatic heterocycles. The summed E-state index contributed by atoms with van der Waals surface area (Å²) in [5.41, 5.74) is 0.770. The van der Waals surface area contributed by atoms with Gasteiger partial charge in [0.15, 0.2) is 23.8 Å². The van der Waals surface area contributed by atoms with Gasteiger partial charge in [0.1, 0.15) is 11.6 Å². The lowest BCUT2D eigenvalue weighted by Crippen LogP contribution is -2.42. The third kappa shape index (κ3) is 3.60. The van der Waals surface area contributed by atoms with Crippen molar-refractivity contribution in [1.82, 2.24) is 19.5 Å². The summed E-state index contributed by atoms with van der Waals surface area (Å²) >= 11 is 0. The molecule has 1 saturated heterocycles. The highest BCUT2D eigenvalue weighted by Crippen LogP contribution is 2.26. The molecule has 8 heteroatoms. The Kier molecular flexibility index (Phi) is 4.70. The number of aromatic nitrogens is 3. The molecule has 0 aliphatic carbocycles. The van der Waals surface area contributed by atoms with E-state index < -0.39 is 11.6 Å². The second-order valence-electron chi connectivity index (χ2n) is 6.53. The molecule has 0 saturated carbocycles. The van der Waals surface area contributed by atoms with E-state index in [0.29, 0.717) is 13.1 Å². The Bertz CT molecular complexity index is 975. The fourth-order valence-corrected chi connectivity index (χ4v) is 3.38. The van der Waals surface area contributed by atoms with Crippen molar-refractivity contribution in [3.8, 4) is 5.75 Å². The number of hydrogen-bond acceptors (Lipinski definition) is 4. The minimum absolute atomic E-state index is 0.0719. The summed E-state index contributed by atoms with van der Waals surface area (Å²) in [5.74, 6) is -0.991. The molecule has 0 N–H and O–H groups in total. The highest BCUT2D eigenvalue weighted by Gasteiger charge is 2.28. The molecule has 6 nitrogen and oxygen atoms in total. The number of pyridine rings is 1. The fraction of sp³-hybridized carbons (Fsp3) is 0.316. The first-order valence-electron chi connectivity index (χ1n) is 8.77. The van der Waals surface area contributed by atoms with Crippen LogP contribution in [0.25, 0.3) is 5.65 Å². The van der Waals surface area contributed by atoms with Gasteiger partial charge in [-0.3, -0.25) is 9.20 Å². The molecule has 1 atom stereocenters. The van der Waals surface area contributed by atoms with E-state index in [2.05, 4.69) is 10.2 Å². The Labute approximate surface area is 154 Å². The van der Waals surface area contributed by atoms with Gasteiger partial charge in [0, 0.05) is 31.3 Å². The molecule has 1 unspecified atom stereocenters. The number of piperidine rings is 1. The van der Waals surface area contributed by atoms with Gasteiger partial charge in [-0.1, -0.05) is 6.07 Å². The highest BCUT2D eigenvalue weighted by molar-refractivity contribution is 5.78. The van der Waals surface area contributed by atoms with Crippen LogP contribution in [0.2, 0.25) is 0 Å². The van der Waals surface area contributed by atoms with Gasteiger partial charge in [0.2, 0.25) is 0 Å². The average Bonchev–Trinajstić information content (AvgIpc) is 3.11. The Morgan fingerprint density at radius 1 is 1.22 bits per heavy atom. The van der Waals surface area contributed by atoms with Gasteiger partial charge in [-0.15, -0.1) is 10.2 Å². The number of fused-ring (bicyclic) bond motifs is 1. The summed E-state index contributed by atoms with van der Waals surface area (Å²) < 4.78 is 33.7. The monoisotopic (exact) mass is 372 g/mol. The Hall–Kier alpha value is -3.03. The number of benzene rings is 1. The third-order valence-corrected chi connectivity index (χ3v) is 4.72. The van der Waals surface area contributed by atoms with Gasteiger partial charge in [0.05, 0.1) is 0 Å². The Morgan fingerprint density at radius 3 is 2.96 bits per heavy atom. The molecule has 0 radical (unpaired) electrons. The summed E-state index contributed by atoms with van der Waals surface area (Å²) in [5, 5.41) is 8.45. The average molecular weight is 372 g/mol. The number of nitrogens with zero attached hydrogens (tertiary/aromatic N) is 4. The van der Waals surface area contributed by atoms with Crippen LogP contribution >= 0.6 is 0 Å². The molecular weight excluding hydrogens is 354 g/mol. The Balaban J connectivity index is 1.42. The maximum absolute atomic E-state index is 13.6. The lowest BCUT2D eigenvalue weighted by molar-refractivity contribution is -0.134. The zero-order valence-corrected chi connectivity index (χ0v) is 14.5. The minimum Gasteiger partial charge on any atom is -0.481 e. The van der Waals surface area contributed by atoms with E-state index in [1.54, 1.807) is 4.90 Å². The van der Waals surface area contributed by atoms with Gasteiger partial charge in [-0.05, 0) is 37.1 Å². The van der Waals surface area contributed by atoms with Crippen LogP contribution in [0.15, 0.2) is 42.6 Å².